The molecule has 5 nitrogen and oxygen atoms in total. The molecular formula is C13H12N2O3. The van der Waals surface area contributed by atoms with Gasteiger partial charge in [0.15, 0.2) is 0 Å². The van der Waals surface area contributed by atoms with Crippen LogP contribution in [0.1, 0.15) is 0 Å². The summed E-state index contributed by atoms with van der Waals surface area (Å²) in [5.41, 5.74) is 0.937. The Bertz CT molecular complexity index is 565. The van der Waals surface area contributed by atoms with Gasteiger partial charge in [-0.1, -0.05) is 0 Å². The lowest BCUT2D eigenvalue weighted by atomic mass is 10.3. The van der Waals surface area contributed by atoms with Crippen molar-refractivity contribution in [2.45, 2.75) is 0 Å². The van der Waals surface area contributed by atoms with Crippen LogP contribution in [0.2, 0.25) is 0 Å². The average Bonchev–Trinajstić information content (AvgIpc) is 2.38. The molecule has 0 aromatic heterocycles. The molecule has 2 rings (SSSR count). The zero-order valence-electron chi connectivity index (χ0n) is 9.74. The molecule has 0 aliphatic heterocycles. The Morgan fingerprint density at radius 2 is 1.67 bits per heavy atom. The summed E-state index contributed by atoms with van der Waals surface area (Å²) in [6.07, 6.45) is 0. The van der Waals surface area contributed by atoms with Crippen molar-refractivity contribution < 1.29 is 14.9 Å². The molecule has 18 heavy (non-hydrogen) atoms. The molecule has 2 N–H and O–H groups in total. The van der Waals surface area contributed by atoms with Gasteiger partial charge < -0.3 is 14.9 Å². The van der Waals surface area contributed by atoms with E-state index in [0.29, 0.717) is 11.4 Å². The summed E-state index contributed by atoms with van der Waals surface area (Å²) < 4.78 is 5.02. The van der Waals surface area contributed by atoms with Crippen molar-refractivity contribution in [1.82, 2.24) is 0 Å². The molecule has 92 valence electrons. The van der Waals surface area contributed by atoms with Crippen molar-refractivity contribution in [2.24, 2.45) is 10.2 Å². The van der Waals surface area contributed by atoms with E-state index >= 15 is 0 Å². The molecule has 0 aliphatic rings. The summed E-state index contributed by atoms with van der Waals surface area (Å²) in [7, 11) is 1.59. The van der Waals surface area contributed by atoms with Crippen LogP contribution in [-0.2, 0) is 0 Å². The summed E-state index contributed by atoms with van der Waals surface area (Å²) >= 11 is 0. The molecule has 0 amide bonds. The molecule has 0 fully saturated rings. The summed E-state index contributed by atoms with van der Waals surface area (Å²) in [5.74, 6) is 0.601. The third-order valence-corrected chi connectivity index (χ3v) is 2.30. The topological polar surface area (TPSA) is 74.4 Å². The Balaban J connectivity index is 2.19. The fraction of sp³-hybridized carbons (Fsp3) is 0.0769. The van der Waals surface area contributed by atoms with Crippen molar-refractivity contribution in [3.8, 4) is 17.2 Å². The standard InChI is InChI=1S/C13H12N2O3/c1-18-11-5-2-9(3-6-11)14-15-12-7-4-10(16)8-13(12)17/h2-8,16-17H,1H3. The van der Waals surface area contributed by atoms with Gasteiger partial charge in [0.25, 0.3) is 0 Å². The minimum absolute atomic E-state index is 0.0177. The maximum absolute atomic E-state index is 9.52. The van der Waals surface area contributed by atoms with Gasteiger partial charge in [-0.15, -0.1) is 5.11 Å². The van der Waals surface area contributed by atoms with Crippen molar-refractivity contribution in [2.75, 3.05) is 7.11 Å². The van der Waals surface area contributed by atoms with Crippen LogP contribution < -0.4 is 4.74 Å². The van der Waals surface area contributed by atoms with Crippen molar-refractivity contribution in [3.05, 3.63) is 42.5 Å². The predicted octanol–water partition coefficient (Wildman–Crippen LogP) is 3.52. The molecule has 0 radical (unpaired) electrons. The number of rotatable bonds is 3. The second-order valence-corrected chi connectivity index (χ2v) is 3.57. The first kappa shape index (κ1) is 11.9. The molecule has 0 heterocycles. The van der Waals surface area contributed by atoms with E-state index in [2.05, 4.69) is 10.2 Å². The largest absolute Gasteiger partial charge is 0.508 e. The second-order valence-electron chi connectivity index (χ2n) is 3.57. The van der Waals surface area contributed by atoms with Crippen LogP contribution in [0.5, 0.6) is 17.2 Å². The van der Waals surface area contributed by atoms with Gasteiger partial charge in [0.1, 0.15) is 22.9 Å². The summed E-state index contributed by atoms with van der Waals surface area (Å²) in [6, 6.07) is 11.2. The molecule has 0 bridgehead atoms. The highest BCUT2D eigenvalue weighted by Crippen LogP contribution is 2.31. The zero-order chi connectivity index (χ0) is 13.0. The SMILES string of the molecule is COc1ccc(N=Nc2ccc(O)cc2O)cc1. The Hall–Kier alpha value is -2.56. The fourth-order valence-electron chi connectivity index (χ4n) is 1.36. The Morgan fingerprint density at radius 1 is 0.944 bits per heavy atom. The number of hydrogen-bond donors (Lipinski definition) is 2. The molecule has 0 spiro atoms. The highest BCUT2D eigenvalue weighted by molar-refractivity contribution is 5.54. The molecule has 0 saturated carbocycles. The van der Waals surface area contributed by atoms with Crippen LogP contribution in [0, 0.1) is 0 Å². The van der Waals surface area contributed by atoms with Gasteiger partial charge >= 0.3 is 0 Å². The van der Waals surface area contributed by atoms with Gasteiger partial charge in [-0.05, 0) is 36.4 Å². The number of benzene rings is 2. The van der Waals surface area contributed by atoms with E-state index < -0.39 is 0 Å². The Kier molecular flexibility index (Phi) is 3.43. The third kappa shape index (κ3) is 2.76. The minimum atomic E-state index is -0.118. The van der Waals surface area contributed by atoms with Crippen molar-refractivity contribution >= 4 is 11.4 Å². The number of methoxy groups -OCH3 is 1. The predicted molar refractivity (Wildman–Crippen MR) is 66.9 cm³/mol. The van der Waals surface area contributed by atoms with Gasteiger partial charge in [0, 0.05) is 6.07 Å². The molecule has 0 unspecified atom stereocenters. The molecule has 2 aromatic rings. The number of hydrogen-bond acceptors (Lipinski definition) is 5. The highest BCUT2D eigenvalue weighted by Gasteiger charge is 2.00. The zero-order valence-corrected chi connectivity index (χ0v) is 9.74. The molecule has 0 saturated heterocycles. The van der Waals surface area contributed by atoms with Crippen LogP contribution in [0.3, 0.4) is 0 Å². The molecular weight excluding hydrogens is 232 g/mol. The lowest BCUT2D eigenvalue weighted by molar-refractivity contribution is 0.415. The van der Waals surface area contributed by atoms with Crippen LogP contribution in [0.25, 0.3) is 0 Å². The smallest absolute Gasteiger partial charge is 0.146 e. The highest BCUT2D eigenvalue weighted by atomic mass is 16.5. The van der Waals surface area contributed by atoms with Gasteiger partial charge in [-0.3, -0.25) is 0 Å². The lowest BCUT2D eigenvalue weighted by Crippen LogP contribution is -1.79. The third-order valence-electron chi connectivity index (χ3n) is 2.30. The molecule has 0 aliphatic carbocycles. The number of phenols is 2. The van der Waals surface area contributed by atoms with Gasteiger partial charge in [0.2, 0.25) is 0 Å². The number of azo groups is 1. The number of nitrogens with zero attached hydrogens (tertiary/aromatic N) is 2. The van der Waals surface area contributed by atoms with Gasteiger partial charge in [0.05, 0.1) is 12.8 Å². The summed E-state index contributed by atoms with van der Waals surface area (Å²) in [5, 5.41) is 26.5. The monoisotopic (exact) mass is 244 g/mol. The first-order valence-corrected chi connectivity index (χ1v) is 5.27. The van der Waals surface area contributed by atoms with E-state index in [1.54, 1.807) is 31.4 Å². The minimum Gasteiger partial charge on any atom is -0.508 e. The Labute approximate surface area is 104 Å². The van der Waals surface area contributed by atoms with E-state index in [-0.39, 0.29) is 11.5 Å². The fourth-order valence-corrected chi connectivity index (χ4v) is 1.36. The maximum Gasteiger partial charge on any atom is 0.146 e. The van der Waals surface area contributed by atoms with E-state index in [1.807, 2.05) is 0 Å². The first-order chi connectivity index (χ1) is 8.69. The molecule has 0 atom stereocenters. The molecule has 5 heteroatoms. The second kappa shape index (κ2) is 5.18. The maximum atomic E-state index is 9.52. The summed E-state index contributed by atoms with van der Waals surface area (Å²) in [4.78, 5) is 0. The average molecular weight is 244 g/mol. The number of ether oxygens (including phenoxy) is 1. The van der Waals surface area contributed by atoms with Crippen LogP contribution in [-0.4, -0.2) is 17.3 Å². The van der Waals surface area contributed by atoms with Crippen molar-refractivity contribution in [3.63, 3.8) is 0 Å². The first-order valence-electron chi connectivity index (χ1n) is 5.27. The van der Waals surface area contributed by atoms with E-state index in [9.17, 15) is 5.11 Å². The lowest BCUT2D eigenvalue weighted by Gasteiger charge is -1.99. The van der Waals surface area contributed by atoms with Gasteiger partial charge in [-0.25, -0.2) is 0 Å². The quantitative estimate of drug-likeness (QED) is 0.811. The van der Waals surface area contributed by atoms with Crippen LogP contribution in [0.15, 0.2) is 52.7 Å². The normalized spacial score (nSPS) is 10.7. The van der Waals surface area contributed by atoms with E-state index in [1.165, 1.54) is 18.2 Å². The van der Waals surface area contributed by atoms with Crippen LogP contribution in [0.4, 0.5) is 11.4 Å². The molecule has 2 aromatic carbocycles. The Morgan fingerprint density at radius 3 is 2.28 bits per heavy atom. The van der Waals surface area contributed by atoms with E-state index in [4.69, 9.17) is 9.84 Å². The number of phenolic OH excluding ortho intramolecular Hbond substituents is 2. The summed E-state index contributed by atoms with van der Waals surface area (Å²) in [6.45, 7) is 0. The van der Waals surface area contributed by atoms with E-state index in [0.717, 1.165) is 5.75 Å². The number of aromatic hydroxyl groups is 2. The van der Waals surface area contributed by atoms with Crippen molar-refractivity contribution in [1.29, 1.82) is 0 Å². The van der Waals surface area contributed by atoms with Gasteiger partial charge in [-0.2, -0.15) is 5.11 Å². The van der Waals surface area contributed by atoms with Crippen LogP contribution >= 0.6 is 0 Å².